The molecule has 16 heavy (non-hydrogen) atoms. The standard InChI is InChI=1S/C11H15IN4/c12-10-5-13-7-14-11(10)16-4-3-8-1-2-9(6-16)15-8/h5,7-9,15H,1-4,6H2. The third-order valence-corrected chi connectivity index (χ3v) is 4.23. The topological polar surface area (TPSA) is 41.1 Å². The van der Waals surface area contributed by atoms with E-state index < -0.39 is 0 Å². The summed E-state index contributed by atoms with van der Waals surface area (Å²) in [4.78, 5) is 10.9. The van der Waals surface area contributed by atoms with Gasteiger partial charge in [0.25, 0.3) is 0 Å². The van der Waals surface area contributed by atoms with Crippen molar-refractivity contribution in [1.82, 2.24) is 15.3 Å². The monoisotopic (exact) mass is 330 g/mol. The highest BCUT2D eigenvalue weighted by molar-refractivity contribution is 14.1. The van der Waals surface area contributed by atoms with Crippen LogP contribution in [-0.2, 0) is 0 Å². The average molecular weight is 330 g/mol. The summed E-state index contributed by atoms with van der Waals surface area (Å²) >= 11 is 2.32. The molecule has 0 radical (unpaired) electrons. The predicted octanol–water partition coefficient (Wildman–Crippen LogP) is 1.41. The van der Waals surface area contributed by atoms with E-state index in [4.69, 9.17) is 0 Å². The van der Waals surface area contributed by atoms with Gasteiger partial charge in [-0.1, -0.05) is 0 Å². The second-order valence-electron chi connectivity index (χ2n) is 4.57. The smallest absolute Gasteiger partial charge is 0.145 e. The second-order valence-corrected chi connectivity index (χ2v) is 5.73. The molecule has 3 heterocycles. The minimum Gasteiger partial charge on any atom is -0.354 e. The lowest BCUT2D eigenvalue weighted by molar-refractivity contribution is 0.563. The third kappa shape index (κ3) is 2.02. The van der Waals surface area contributed by atoms with E-state index in [0.717, 1.165) is 28.5 Å². The van der Waals surface area contributed by atoms with Crippen molar-refractivity contribution in [3.8, 4) is 0 Å². The molecule has 2 fully saturated rings. The Hall–Kier alpha value is -0.430. The maximum absolute atomic E-state index is 4.41. The zero-order valence-corrected chi connectivity index (χ0v) is 11.2. The molecule has 1 N–H and O–H groups in total. The van der Waals surface area contributed by atoms with Crippen LogP contribution in [0.15, 0.2) is 12.5 Å². The first kappa shape index (κ1) is 10.7. The van der Waals surface area contributed by atoms with Gasteiger partial charge >= 0.3 is 0 Å². The lowest BCUT2D eigenvalue weighted by atomic mass is 10.1. The van der Waals surface area contributed by atoms with Crippen molar-refractivity contribution in [3.63, 3.8) is 0 Å². The maximum atomic E-state index is 4.41. The van der Waals surface area contributed by atoms with Crippen LogP contribution < -0.4 is 10.2 Å². The predicted molar refractivity (Wildman–Crippen MR) is 71.5 cm³/mol. The highest BCUT2D eigenvalue weighted by Crippen LogP contribution is 2.25. The number of anilines is 1. The number of hydrogen-bond donors (Lipinski definition) is 1. The molecule has 0 aliphatic carbocycles. The Kier molecular flexibility index (Phi) is 2.97. The van der Waals surface area contributed by atoms with Crippen LogP contribution in [0.25, 0.3) is 0 Å². The molecule has 0 spiro atoms. The summed E-state index contributed by atoms with van der Waals surface area (Å²) in [5.74, 6) is 1.10. The van der Waals surface area contributed by atoms with Gasteiger partial charge in [-0.25, -0.2) is 9.97 Å². The molecular formula is C11H15IN4. The Morgan fingerprint density at radius 1 is 1.31 bits per heavy atom. The lowest BCUT2D eigenvalue weighted by Crippen LogP contribution is -2.36. The van der Waals surface area contributed by atoms with E-state index >= 15 is 0 Å². The van der Waals surface area contributed by atoms with Gasteiger partial charge in [0.2, 0.25) is 0 Å². The number of aromatic nitrogens is 2. The van der Waals surface area contributed by atoms with Crippen LogP contribution in [0, 0.1) is 3.57 Å². The van der Waals surface area contributed by atoms with Crippen molar-refractivity contribution < 1.29 is 0 Å². The summed E-state index contributed by atoms with van der Waals surface area (Å²) < 4.78 is 1.15. The van der Waals surface area contributed by atoms with Crippen molar-refractivity contribution in [3.05, 3.63) is 16.1 Å². The van der Waals surface area contributed by atoms with Gasteiger partial charge in [-0.3, -0.25) is 0 Å². The molecule has 2 bridgehead atoms. The summed E-state index contributed by atoms with van der Waals surface area (Å²) in [5, 5.41) is 3.68. The highest BCUT2D eigenvalue weighted by Gasteiger charge is 2.30. The van der Waals surface area contributed by atoms with Gasteiger partial charge in [0.05, 0.1) is 3.57 Å². The van der Waals surface area contributed by atoms with Crippen LogP contribution in [0.4, 0.5) is 5.82 Å². The van der Waals surface area contributed by atoms with E-state index in [1.807, 2.05) is 6.20 Å². The molecule has 2 saturated heterocycles. The summed E-state index contributed by atoms with van der Waals surface area (Å²) in [5.41, 5.74) is 0. The van der Waals surface area contributed by atoms with Gasteiger partial charge in [0, 0.05) is 31.4 Å². The van der Waals surface area contributed by atoms with Crippen molar-refractivity contribution >= 4 is 28.4 Å². The number of nitrogens with one attached hydrogen (secondary N) is 1. The molecule has 2 aliphatic heterocycles. The fourth-order valence-corrected chi connectivity index (χ4v) is 3.32. The molecule has 5 heteroatoms. The zero-order valence-electron chi connectivity index (χ0n) is 9.06. The second kappa shape index (κ2) is 4.44. The number of fused-ring (bicyclic) bond motifs is 2. The van der Waals surface area contributed by atoms with Crippen molar-refractivity contribution in [2.75, 3.05) is 18.0 Å². The average Bonchev–Trinajstić information content (AvgIpc) is 2.60. The van der Waals surface area contributed by atoms with Crippen LogP contribution >= 0.6 is 22.6 Å². The van der Waals surface area contributed by atoms with E-state index in [2.05, 4.69) is 42.8 Å². The summed E-state index contributed by atoms with van der Waals surface area (Å²) in [6.07, 6.45) is 7.42. The fraction of sp³-hybridized carbons (Fsp3) is 0.636. The summed E-state index contributed by atoms with van der Waals surface area (Å²) in [6.45, 7) is 2.20. The quantitative estimate of drug-likeness (QED) is 0.791. The van der Waals surface area contributed by atoms with E-state index in [1.54, 1.807) is 6.33 Å². The molecule has 2 atom stereocenters. The van der Waals surface area contributed by atoms with Crippen LogP contribution in [0.2, 0.25) is 0 Å². The Morgan fingerprint density at radius 3 is 3.06 bits per heavy atom. The van der Waals surface area contributed by atoms with Gasteiger partial charge in [0.15, 0.2) is 0 Å². The number of rotatable bonds is 1. The van der Waals surface area contributed by atoms with Crippen molar-refractivity contribution in [2.45, 2.75) is 31.3 Å². The minimum atomic E-state index is 0.651. The SMILES string of the molecule is Ic1cncnc1N1CCC2CCC(C1)N2. The summed E-state index contributed by atoms with van der Waals surface area (Å²) in [6, 6.07) is 1.38. The van der Waals surface area contributed by atoms with Gasteiger partial charge in [-0.2, -0.15) is 0 Å². The molecule has 86 valence electrons. The molecule has 0 saturated carbocycles. The number of nitrogens with zero attached hydrogens (tertiary/aromatic N) is 3. The Morgan fingerprint density at radius 2 is 2.19 bits per heavy atom. The van der Waals surface area contributed by atoms with E-state index in [9.17, 15) is 0 Å². The lowest BCUT2D eigenvalue weighted by Gasteiger charge is -2.25. The minimum absolute atomic E-state index is 0.651. The van der Waals surface area contributed by atoms with Gasteiger partial charge in [-0.05, 0) is 41.9 Å². The van der Waals surface area contributed by atoms with Crippen molar-refractivity contribution in [1.29, 1.82) is 0 Å². The van der Waals surface area contributed by atoms with E-state index in [-0.39, 0.29) is 0 Å². The highest BCUT2D eigenvalue weighted by atomic mass is 127. The largest absolute Gasteiger partial charge is 0.354 e. The Balaban J connectivity index is 1.82. The normalized spacial score (nSPS) is 29.2. The Bertz CT molecular complexity index is 384. The van der Waals surface area contributed by atoms with Gasteiger partial charge in [-0.15, -0.1) is 0 Å². The molecule has 0 amide bonds. The molecule has 0 aromatic carbocycles. The van der Waals surface area contributed by atoms with Gasteiger partial charge in [0.1, 0.15) is 12.1 Å². The fourth-order valence-electron chi connectivity index (χ4n) is 2.67. The molecule has 4 nitrogen and oxygen atoms in total. The molecule has 2 unspecified atom stereocenters. The molecule has 3 rings (SSSR count). The molecule has 1 aromatic heterocycles. The molecular weight excluding hydrogens is 315 g/mol. The number of halogens is 1. The first-order valence-corrected chi connectivity index (χ1v) is 6.87. The maximum Gasteiger partial charge on any atom is 0.145 e. The van der Waals surface area contributed by atoms with Crippen LogP contribution in [0.3, 0.4) is 0 Å². The first-order valence-electron chi connectivity index (χ1n) is 5.79. The van der Waals surface area contributed by atoms with Crippen LogP contribution in [0.1, 0.15) is 19.3 Å². The summed E-state index contributed by atoms with van der Waals surface area (Å²) in [7, 11) is 0. The van der Waals surface area contributed by atoms with Crippen LogP contribution in [0.5, 0.6) is 0 Å². The van der Waals surface area contributed by atoms with Gasteiger partial charge < -0.3 is 10.2 Å². The van der Waals surface area contributed by atoms with Crippen molar-refractivity contribution in [2.24, 2.45) is 0 Å². The zero-order chi connectivity index (χ0) is 11.0. The molecule has 2 aliphatic rings. The number of hydrogen-bond acceptors (Lipinski definition) is 4. The van der Waals surface area contributed by atoms with E-state index in [0.29, 0.717) is 6.04 Å². The van der Waals surface area contributed by atoms with Crippen LogP contribution in [-0.4, -0.2) is 35.1 Å². The third-order valence-electron chi connectivity index (χ3n) is 3.47. The Labute approximate surface area is 109 Å². The van der Waals surface area contributed by atoms with E-state index in [1.165, 1.54) is 19.3 Å². The molecule has 1 aromatic rings. The first-order chi connectivity index (χ1) is 7.83.